The SMILES string of the molecule is CC/C=C/CC(=O)N(CCC)Cc1ccc(OC)cc1. The van der Waals surface area contributed by atoms with Crippen molar-refractivity contribution in [3.63, 3.8) is 0 Å². The van der Waals surface area contributed by atoms with Crippen LogP contribution in [0.1, 0.15) is 38.7 Å². The highest BCUT2D eigenvalue weighted by atomic mass is 16.5. The van der Waals surface area contributed by atoms with Crippen LogP contribution in [0.2, 0.25) is 0 Å². The molecule has 1 aromatic carbocycles. The number of carbonyl (C=O) groups excluding carboxylic acids is 1. The summed E-state index contributed by atoms with van der Waals surface area (Å²) in [7, 11) is 1.65. The average Bonchev–Trinajstić information content (AvgIpc) is 2.47. The van der Waals surface area contributed by atoms with Crippen molar-refractivity contribution in [1.82, 2.24) is 4.90 Å². The Kier molecular flexibility index (Phi) is 7.48. The molecule has 0 fully saturated rings. The van der Waals surface area contributed by atoms with Gasteiger partial charge in [0.05, 0.1) is 7.11 Å². The van der Waals surface area contributed by atoms with E-state index in [-0.39, 0.29) is 5.91 Å². The Morgan fingerprint density at radius 3 is 2.45 bits per heavy atom. The summed E-state index contributed by atoms with van der Waals surface area (Å²) in [4.78, 5) is 14.1. The molecule has 20 heavy (non-hydrogen) atoms. The molecular weight excluding hydrogens is 250 g/mol. The Balaban J connectivity index is 2.65. The Hall–Kier alpha value is -1.77. The van der Waals surface area contributed by atoms with Crippen LogP contribution in [0.25, 0.3) is 0 Å². The molecule has 3 heteroatoms. The third-order valence-corrected chi connectivity index (χ3v) is 3.07. The van der Waals surface area contributed by atoms with Gasteiger partial charge >= 0.3 is 0 Å². The number of carbonyl (C=O) groups is 1. The Morgan fingerprint density at radius 1 is 1.20 bits per heavy atom. The number of rotatable bonds is 8. The maximum Gasteiger partial charge on any atom is 0.226 e. The van der Waals surface area contributed by atoms with Crippen molar-refractivity contribution in [2.75, 3.05) is 13.7 Å². The van der Waals surface area contributed by atoms with E-state index in [4.69, 9.17) is 4.74 Å². The van der Waals surface area contributed by atoms with Crippen molar-refractivity contribution >= 4 is 5.91 Å². The molecule has 0 N–H and O–H groups in total. The molecular formula is C17H25NO2. The number of benzene rings is 1. The van der Waals surface area contributed by atoms with Gasteiger partial charge in [0, 0.05) is 19.5 Å². The number of ether oxygens (including phenoxy) is 1. The number of allylic oxidation sites excluding steroid dienone is 1. The van der Waals surface area contributed by atoms with Crippen LogP contribution in [0.4, 0.5) is 0 Å². The second-order valence-corrected chi connectivity index (χ2v) is 4.75. The molecule has 0 bridgehead atoms. The first-order valence-electron chi connectivity index (χ1n) is 7.27. The van der Waals surface area contributed by atoms with Crippen molar-refractivity contribution in [3.8, 4) is 5.75 Å². The molecule has 1 aromatic rings. The summed E-state index contributed by atoms with van der Waals surface area (Å²) >= 11 is 0. The molecule has 0 aliphatic rings. The molecule has 0 radical (unpaired) electrons. The van der Waals surface area contributed by atoms with Crippen LogP contribution in [0, 0.1) is 0 Å². The van der Waals surface area contributed by atoms with Gasteiger partial charge in [0.1, 0.15) is 5.75 Å². The molecule has 0 aromatic heterocycles. The maximum absolute atomic E-state index is 12.2. The van der Waals surface area contributed by atoms with Crippen LogP contribution in [0.5, 0.6) is 5.75 Å². The van der Waals surface area contributed by atoms with Gasteiger partial charge in [-0.25, -0.2) is 0 Å². The summed E-state index contributed by atoms with van der Waals surface area (Å²) in [5.74, 6) is 1.03. The van der Waals surface area contributed by atoms with Gasteiger partial charge in [0.15, 0.2) is 0 Å². The van der Waals surface area contributed by atoms with Gasteiger partial charge < -0.3 is 9.64 Å². The normalized spacial score (nSPS) is 10.8. The quantitative estimate of drug-likeness (QED) is 0.676. The molecule has 1 rings (SSSR count). The van der Waals surface area contributed by atoms with Crippen LogP contribution in [0.15, 0.2) is 36.4 Å². The molecule has 0 unspecified atom stereocenters. The average molecular weight is 275 g/mol. The second kappa shape index (κ2) is 9.18. The molecule has 0 atom stereocenters. The van der Waals surface area contributed by atoms with E-state index in [9.17, 15) is 4.79 Å². The van der Waals surface area contributed by atoms with E-state index in [0.717, 1.165) is 30.7 Å². The Bertz CT molecular complexity index is 423. The highest BCUT2D eigenvalue weighted by Gasteiger charge is 2.11. The van der Waals surface area contributed by atoms with E-state index in [2.05, 4.69) is 13.8 Å². The van der Waals surface area contributed by atoms with Gasteiger partial charge in [0.25, 0.3) is 0 Å². The van der Waals surface area contributed by atoms with Crippen LogP contribution in [0.3, 0.4) is 0 Å². The van der Waals surface area contributed by atoms with Crippen molar-refractivity contribution in [1.29, 1.82) is 0 Å². The number of nitrogens with zero attached hydrogens (tertiary/aromatic N) is 1. The minimum Gasteiger partial charge on any atom is -0.497 e. The Labute approximate surface area is 122 Å². The molecule has 0 aliphatic heterocycles. The van der Waals surface area contributed by atoms with E-state index in [1.165, 1.54) is 0 Å². The number of methoxy groups -OCH3 is 1. The van der Waals surface area contributed by atoms with E-state index in [1.807, 2.05) is 41.3 Å². The molecule has 0 heterocycles. The van der Waals surface area contributed by atoms with Gasteiger partial charge in [0.2, 0.25) is 5.91 Å². The zero-order valence-corrected chi connectivity index (χ0v) is 12.8. The summed E-state index contributed by atoms with van der Waals surface area (Å²) in [5, 5.41) is 0. The van der Waals surface area contributed by atoms with E-state index in [0.29, 0.717) is 13.0 Å². The fourth-order valence-corrected chi connectivity index (χ4v) is 1.99. The van der Waals surface area contributed by atoms with Gasteiger partial charge in [-0.1, -0.05) is 38.1 Å². The van der Waals surface area contributed by atoms with Gasteiger partial charge in [-0.05, 0) is 30.5 Å². The number of hydrogen-bond donors (Lipinski definition) is 0. The first kappa shape index (κ1) is 16.3. The fourth-order valence-electron chi connectivity index (χ4n) is 1.99. The zero-order chi connectivity index (χ0) is 14.8. The maximum atomic E-state index is 12.2. The summed E-state index contributed by atoms with van der Waals surface area (Å²) in [6, 6.07) is 7.88. The van der Waals surface area contributed by atoms with Crippen molar-refractivity contribution < 1.29 is 9.53 Å². The van der Waals surface area contributed by atoms with Gasteiger partial charge in [-0.15, -0.1) is 0 Å². The van der Waals surface area contributed by atoms with Gasteiger partial charge in [-0.3, -0.25) is 4.79 Å². The minimum atomic E-state index is 0.187. The largest absolute Gasteiger partial charge is 0.497 e. The molecule has 0 aliphatic carbocycles. The van der Waals surface area contributed by atoms with Crippen molar-refractivity contribution in [2.45, 2.75) is 39.7 Å². The summed E-state index contributed by atoms with van der Waals surface area (Å²) < 4.78 is 5.14. The van der Waals surface area contributed by atoms with Crippen molar-refractivity contribution in [2.24, 2.45) is 0 Å². The lowest BCUT2D eigenvalue weighted by Crippen LogP contribution is -2.30. The monoisotopic (exact) mass is 275 g/mol. The first-order valence-corrected chi connectivity index (χ1v) is 7.27. The smallest absolute Gasteiger partial charge is 0.226 e. The fraction of sp³-hybridized carbons (Fsp3) is 0.471. The highest BCUT2D eigenvalue weighted by Crippen LogP contribution is 2.14. The third kappa shape index (κ3) is 5.47. The molecule has 0 saturated carbocycles. The lowest BCUT2D eigenvalue weighted by molar-refractivity contribution is -0.130. The molecule has 0 spiro atoms. The van der Waals surface area contributed by atoms with Gasteiger partial charge in [-0.2, -0.15) is 0 Å². The van der Waals surface area contributed by atoms with Crippen molar-refractivity contribution in [3.05, 3.63) is 42.0 Å². The standard InChI is InChI=1S/C17H25NO2/c1-4-6-7-8-17(19)18(13-5-2)14-15-9-11-16(20-3)12-10-15/h6-7,9-12H,4-5,8,13-14H2,1-3H3/b7-6+. The van der Waals surface area contributed by atoms with Crippen LogP contribution >= 0.6 is 0 Å². The van der Waals surface area contributed by atoms with E-state index >= 15 is 0 Å². The summed E-state index contributed by atoms with van der Waals surface area (Å²) in [6.07, 6.45) is 6.43. The number of hydrogen-bond acceptors (Lipinski definition) is 2. The van der Waals surface area contributed by atoms with Crippen LogP contribution < -0.4 is 4.74 Å². The van der Waals surface area contributed by atoms with Crippen LogP contribution in [-0.2, 0) is 11.3 Å². The van der Waals surface area contributed by atoms with E-state index in [1.54, 1.807) is 7.11 Å². The molecule has 0 saturated heterocycles. The molecule has 3 nitrogen and oxygen atoms in total. The topological polar surface area (TPSA) is 29.5 Å². The highest BCUT2D eigenvalue weighted by molar-refractivity contribution is 5.77. The van der Waals surface area contributed by atoms with Crippen LogP contribution in [-0.4, -0.2) is 24.5 Å². The molecule has 110 valence electrons. The Morgan fingerprint density at radius 2 is 1.90 bits per heavy atom. The summed E-state index contributed by atoms with van der Waals surface area (Å²) in [5.41, 5.74) is 1.13. The predicted molar refractivity (Wildman–Crippen MR) is 82.8 cm³/mol. The third-order valence-electron chi connectivity index (χ3n) is 3.07. The lowest BCUT2D eigenvalue weighted by atomic mass is 10.2. The lowest BCUT2D eigenvalue weighted by Gasteiger charge is -2.22. The second-order valence-electron chi connectivity index (χ2n) is 4.75. The van der Waals surface area contributed by atoms with E-state index < -0.39 is 0 Å². The predicted octanol–water partition coefficient (Wildman–Crippen LogP) is 3.79. The molecule has 1 amide bonds. The minimum absolute atomic E-state index is 0.187. The summed E-state index contributed by atoms with van der Waals surface area (Å²) in [6.45, 7) is 5.62. The zero-order valence-electron chi connectivity index (χ0n) is 12.8. The first-order chi connectivity index (χ1) is 9.71. The number of amides is 1.